The van der Waals surface area contributed by atoms with Crippen molar-refractivity contribution in [2.45, 2.75) is 39.8 Å². The maximum atomic E-state index is 6.10. The van der Waals surface area contributed by atoms with E-state index in [1.807, 2.05) is 37.3 Å². The van der Waals surface area contributed by atoms with Gasteiger partial charge in [-0.05, 0) is 31.5 Å². The summed E-state index contributed by atoms with van der Waals surface area (Å²) >= 11 is 0. The van der Waals surface area contributed by atoms with Gasteiger partial charge in [0.15, 0.2) is 11.5 Å². The normalized spacial score (nSPS) is 10.1. The fraction of sp³-hybridized carbons (Fsp3) is 0.400. The third kappa shape index (κ3) is 6.42. The second-order valence-electron chi connectivity index (χ2n) is 5.48. The minimum absolute atomic E-state index is 0. The molecule has 3 nitrogen and oxygen atoms in total. The van der Waals surface area contributed by atoms with E-state index in [4.69, 9.17) is 9.47 Å². The Morgan fingerprint density at radius 1 is 0.917 bits per heavy atom. The van der Waals surface area contributed by atoms with Crippen LogP contribution in [0, 0.1) is 0 Å². The summed E-state index contributed by atoms with van der Waals surface area (Å²) in [6.45, 7) is 7.19. The molecule has 2 rings (SSSR count). The van der Waals surface area contributed by atoms with E-state index in [9.17, 15) is 0 Å². The highest BCUT2D eigenvalue weighted by molar-refractivity contribution is 5.85. The Balaban J connectivity index is 0.00000288. The van der Waals surface area contributed by atoms with Crippen molar-refractivity contribution in [1.29, 1.82) is 0 Å². The first-order chi connectivity index (χ1) is 11.3. The van der Waals surface area contributed by atoms with Crippen molar-refractivity contribution >= 4 is 12.4 Å². The SMILES string of the molecule is CCCCNCc1cccc(OCC)c1OCc1ccccc1.Cl. The Kier molecular flexibility index (Phi) is 9.97. The molecular weight excluding hydrogens is 322 g/mol. The highest BCUT2D eigenvalue weighted by Gasteiger charge is 2.11. The highest BCUT2D eigenvalue weighted by Crippen LogP contribution is 2.32. The number of rotatable bonds is 10. The van der Waals surface area contributed by atoms with Gasteiger partial charge in [0.1, 0.15) is 6.61 Å². The smallest absolute Gasteiger partial charge is 0.166 e. The van der Waals surface area contributed by atoms with Gasteiger partial charge in [-0.3, -0.25) is 0 Å². The van der Waals surface area contributed by atoms with Crippen molar-refractivity contribution in [3.8, 4) is 11.5 Å². The number of hydrogen-bond acceptors (Lipinski definition) is 3. The molecule has 0 spiro atoms. The molecule has 0 radical (unpaired) electrons. The predicted molar refractivity (Wildman–Crippen MR) is 102 cm³/mol. The standard InChI is InChI=1S/C20H27NO2.ClH/c1-3-5-14-21-15-18-12-9-13-19(22-4-2)20(18)23-16-17-10-7-6-8-11-17;/h6-13,21H,3-5,14-16H2,1-2H3;1H. The molecule has 0 atom stereocenters. The molecule has 1 N–H and O–H groups in total. The predicted octanol–water partition coefficient (Wildman–Crippen LogP) is 4.98. The lowest BCUT2D eigenvalue weighted by atomic mass is 10.1. The molecule has 0 fully saturated rings. The summed E-state index contributed by atoms with van der Waals surface area (Å²) in [5.74, 6) is 1.67. The minimum atomic E-state index is 0. The Bertz CT molecular complexity index is 575. The number of hydrogen-bond donors (Lipinski definition) is 1. The lowest BCUT2D eigenvalue weighted by molar-refractivity contribution is 0.266. The topological polar surface area (TPSA) is 30.5 Å². The van der Waals surface area contributed by atoms with Gasteiger partial charge in [-0.15, -0.1) is 12.4 Å². The summed E-state index contributed by atoms with van der Waals surface area (Å²) in [4.78, 5) is 0. The van der Waals surface area contributed by atoms with Crippen LogP contribution in [0.2, 0.25) is 0 Å². The van der Waals surface area contributed by atoms with E-state index in [2.05, 4.69) is 30.4 Å². The zero-order chi connectivity index (χ0) is 16.3. The summed E-state index contributed by atoms with van der Waals surface area (Å²) in [5, 5.41) is 3.47. The zero-order valence-corrected chi connectivity index (χ0v) is 15.4. The first-order valence-corrected chi connectivity index (χ1v) is 8.47. The Morgan fingerprint density at radius 3 is 2.42 bits per heavy atom. The highest BCUT2D eigenvalue weighted by atomic mass is 35.5. The molecule has 0 bridgehead atoms. The van der Waals surface area contributed by atoms with E-state index >= 15 is 0 Å². The molecule has 0 aliphatic carbocycles. The van der Waals surface area contributed by atoms with Crippen LogP contribution in [0.4, 0.5) is 0 Å². The summed E-state index contributed by atoms with van der Waals surface area (Å²) in [5.41, 5.74) is 2.30. The van der Waals surface area contributed by atoms with Crippen molar-refractivity contribution in [3.63, 3.8) is 0 Å². The van der Waals surface area contributed by atoms with Crippen LogP contribution in [0.3, 0.4) is 0 Å². The van der Waals surface area contributed by atoms with Gasteiger partial charge in [0.25, 0.3) is 0 Å². The fourth-order valence-corrected chi connectivity index (χ4v) is 2.39. The maximum Gasteiger partial charge on any atom is 0.166 e. The summed E-state index contributed by atoms with van der Waals surface area (Å²) in [6, 6.07) is 16.3. The molecule has 0 aromatic heterocycles. The van der Waals surface area contributed by atoms with Crippen LogP contribution in [0.1, 0.15) is 37.8 Å². The fourth-order valence-electron chi connectivity index (χ4n) is 2.39. The van der Waals surface area contributed by atoms with Gasteiger partial charge in [0.2, 0.25) is 0 Å². The minimum Gasteiger partial charge on any atom is -0.490 e. The summed E-state index contributed by atoms with van der Waals surface area (Å²) in [7, 11) is 0. The summed E-state index contributed by atoms with van der Waals surface area (Å²) < 4.78 is 11.8. The van der Waals surface area contributed by atoms with Crippen LogP contribution in [0.5, 0.6) is 11.5 Å². The number of benzene rings is 2. The second kappa shape index (κ2) is 11.8. The lowest BCUT2D eigenvalue weighted by Gasteiger charge is -2.16. The van der Waals surface area contributed by atoms with E-state index in [0.29, 0.717) is 13.2 Å². The van der Waals surface area contributed by atoms with Gasteiger partial charge in [-0.1, -0.05) is 55.8 Å². The van der Waals surface area contributed by atoms with Crippen LogP contribution in [-0.4, -0.2) is 13.2 Å². The number of para-hydroxylation sites is 1. The van der Waals surface area contributed by atoms with Gasteiger partial charge in [-0.2, -0.15) is 0 Å². The van der Waals surface area contributed by atoms with E-state index in [-0.39, 0.29) is 12.4 Å². The molecule has 0 heterocycles. The number of nitrogens with one attached hydrogen (secondary N) is 1. The number of ether oxygens (including phenoxy) is 2. The molecule has 2 aromatic rings. The molecular formula is C20H28ClNO2. The number of unbranched alkanes of at least 4 members (excludes halogenated alkanes) is 1. The van der Waals surface area contributed by atoms with Crippen LogP contribution in [-0.2, 0) is 13.2 Å². The molecule has 4 heteroatoms. The van der Waals surface area contributed by atoms with Crippen molar-refractivity contribution in [1.82, 2.24) is 5.32 Å². The largest absolute Gasteiger partial charge is 0.490 e. The molecule has 0 aliphatic rings. The first kappa shape index (κ1) is 20.3. The third-order valence-corrected chi connectivity index (χ3v) is 3.61. The number of halogens is 1. The Morgan fingerprint density at radius 2 is 1.71 bits per heavy atom. The monoisotopic (exact) mass is 349 g/mol. The quantitative estimate of drug-likeness (QED) is 0.614. The van der Waals surface area contributed by atoms with Gasteiger partial charge < -0.3 is 14.8 Å². The van der Waals surface area contributed by atoms with Crippen LogP contribution < -0.4 is 14.8 Å². The van der Waals surface area contributed by atoms with Crippen molar-refractivity contribution in [3.05, 3.63) is 59.7 Å². The van der Waals surface area contributed by atoms with Crippen molar-refractivity contribution in [2.75, 3.05) is 13.2 Å². The second-order valence-corrected chi connectivity index (χ2v) is 5.48. The van der Waals surface area contributed by atoms with Gasteiger partial charge >= 0.3 is 0 Å². The zero-order valence-electron chi connectivity index (χ0n) is 14.6. The Hall–Kier alpha value is -1.71. The van der Waals surface area contributed by atoms with Crippen molar-refractivity contribution in [2.24, 2.45) is 0 Å². The van der Waals surface area contributed by atoms with E-state index in [1.165, 1.54) is 12.8 Å². The van der Waals surface area contributed by atoms with Crippen LogP contribution in [0.15, 0.2) is 48.5 Å². The molecule has 2 aromatic carbocycles. The third-order valence-electron chi connectivity index (χ3n) is 3.61. The molecule has 0 saturated carbocycles. The molecule has 0 aliphatic heterocycles. The molecule has 0 saturated heterocycles. The molecule has 0 amide bonds. The van der Waals surface area contributed by atoms with Gasteiger partial charge in [0, 0.05) is 12.1 Å². The van der Waals surface area contributed by atoms with Gasteiger partial charge in [0.05, 0.1) is 6.61 Å². The maximum absolute atomic E-state index is 6.10. The molecule has 24 heavy (non-hydrogen) atoms. The van der Waals surface area contributed by atoms with Crippen molar-refractivity contribution < 1.29 is 9.47 Å². The molecule has 132 valence electrons. The van der Waals surface area contributed by atoms with Crippen LogP contribution in [0.25, 0.3) is 0 Å². The average molecular weight is 350 g/mol. The van der Waals surface area contributed by atoms with Gasteiger partial charge in [-0.25, -0.2) is 0 Å². The van der Waals surface area contributed by atoms with E-state index in [1.54, 1.807) is 0 Å². The van der Waals surface area contributed by atoms with E-state index < -0.39 is 0 Å². The average Bonchev–Trinajstić information content (AvgIpc) is 2.59. The van der Waals surface area contributed by atoms with E-state index in [0.717, 1.165) is 35.7 Å². The summed E-state index contributed by atoms with van der Waals surface area (Å²) in [6.07, 6.45) is 2.38. The van der Waals surface area contributed by atoms with Crippen LogP contribution >= 0.6 is 12.4 Å². The first-order valence-electron chi connectivity index (χ1n) is 8.47. The molecule has 0 unspecified atom stereocenters. The Labute approximate surface area is 151 Å². The lowest BCUT2D eigenvalue weighted by Crippen LogP contribution is -2.15.